The summed E-state index contributed by atoms with van der Waals surface area (Å²) in [4.78, 5) is 20.2. The van der Waals surface area contributed by atoms with Crippen molar-refractivity contribution in [2.24, 2.45) is 5.73 Å². The molecular weight excluding hydrogens is 344 g/mol. The third-order valence-corrected chi connectivity index (χ3v) is 3.85. The average molecular weight is 362 g/mol. The van der Waals surface area contributed by atoms with E-state index in [4.69, 9.17) is 5.73 Å². The molecule has 0 aliphatic heterocycles. The van der Waals surface area contributed by atoms with E-state index in [1.807, 2.05) is 25.3 Å². The Morgan fingerprint density at radius 3 is 2.85 bits per heavy atom. The summed E-state index contributed by atoms with van der Waals surface area (Å²) in [7, 11) is 0. The number of rotatable bonds is 7. The smallest absolute Gasteiger partial charge is 0.254 e. The van der Waals surface area contributed by atoms with Gasteiger partial charge < -0.3 is 16.4 Å². The number of hydrogen-bond donors (Lipinski definition) is 3. The molecule has 1 aromatic carbocycles. The first-order valence-corrected chi connectivity index (χ1v) is 8.29. The second-order valence-electron chi connectivity index (χ2n) is 5.65. The largest absolute Gasteiger partial charge is 0.365 e. The molecule has 9 nitrogen and oxygen atoms in total. The van der Waals surface area contributed by atoms with Crippen molar-refractivity contribution < 1.29 is 4.79 Å². The lowest BCUT2D eigenvalue weighted by atomic mass is 10.1. The van der Waals surface area contributed by atoms with Crippen LogP contribution in [0.2, 0.25) is 0 Å². The van der Waals surface area contributed by atoms with Gasteiger partial charge in [0, 0.05) is 25.5 Å². The Morgan fingerprint density at radius 2 is 2.15 bits per heavy atom. The van der Waals surface area contributed by atoms with E-state index in [9.17, 15) is 10.1 Å². The summed E-state index contributed by atoms with van der Waals surface area (Å²) in [5.74, 6) is -0.0567. The number of aromatic nitrogens is 4. The van der Waals surface area contributed by atoms with Crippen LogP contribution in [0.4, 0.5) is 17.5 Å². The van der Waals surface area contributed by atoms with E-state index in [1.54, 1.807) is 23.0 Å². The number of carbonyl (C=O) groups is 1. The van der Waals surface area contributed by atoms with Gasteiger partial charge in [-0.25, -0.2) is 4.98 Å². The highest BCUT2D eigenvalue weighted by Gasteiger charge is 2.13. The predicted molar refractivity (Wildman–Crippen MR) is 100 cm³/mol. The zero-order chi connectivity index (χ0) is 19.2. The van der Waals surface area contributed by atoms with Crippen LogP contribution in [0.25, 0.3) is 0 Å². The number of anilines is 3. The van der Waals surface area contributed by atoms with E-state index < -0.39 is 5.91 Å². The predicted octanol–water partition coefficient (Wildman–Crippen LogP) is 2.02. The van der Waals surface area contributed by atoms with Crippen LogP contribution < -0.4 is 16.4 Å². The van der Waals surface area contributed by atoms with Gasteiger partial charge in [0.05, 0.1) is 29.1 Å². The van der Waals surface area contributed by atoms with Gasteiger partial charge in [-0.2, -0.15) is 15.3 Å². The molecule has 0 radical (unpaired) electrons. The van der Waals surface area contributed by atoms with Crippen LogP contribution >= 0.6 is 0 Å². The molecule has 27 heavy (non-hydrogen) atoms. The topological polar surface area (TPSA) is 135 Å². The molecule has 3 rings (SSSR count). The second-order valence-corrected chi connectivity index (χ2v) is 5.65. The summed E-state index contributed by atoms with van der Waals surface area (Å²) < 4.78 is 1.76. The van der Waals surface area contributed by atoms with Crippen LogP contribution in [-0.4, -0.2) is 25.7 Å². The van der Waals surface area contributed by atoms with Crippen molar-refractivity contribution in [1.29, 1.82) is 5.26 Å². The molecule has 2 aromatic heterocycles. The molecule has 0 saturated carbocycles. The first-order valence-electron chi connectivity index (χ1n) is 8.29. The molecule has 2 heterocycles. The van der Waals surface area contributed by atoms with Crippen molar-refractivity contribution >= 4 is 23.4 Å². The molecule has 0 spiro atoms. The normalized spacial score (nSPS) is 10.2. The molecule has 4 N–H and O–H groups in total. The Morgan fingerprint density at radius 1 is 1.33 bits per heavy atom. The fourth-order valence-corrected chi connectivity index (χ4v) is 2.45. The number of primary amides is 1. The van der Waals surface area contributed by atoms with Gasteiger partial charge in [0.2, 0.25) is 5.95 Å². The van der Waals surface area contributed by atoms with Crippen LogP contribution in [0.5, 0.6) is 0 Å². The van der Waals surface area contributed by atoms with Crippen LogP contribution in [0.1, 0.15) is 28.4 Å². The highest BCUT2D eigenvalue weighted by atomic mass is 16.1. The zero-order valence-electron chi connectivity index (χ0n) is 14.7. The molecule has 0 unspecified atom stereocenters. The van der Waals surface area contributed by atoms with Gasteiger partial charge in [-0.1, -0.05) is 18.2 Å². The fourth-order valence-electron chi connectivity index (χ4n) is 2.45. The number of benzene rings is 1. The van der Waals surface area contributed by atoms with Crippen molar-refractivity contribution in [1.82, 2.24) is 19.7 Å². The maximum atomic E-state index is 11.7. The van der Waals surface area contributed by atoms with Crippen molar-refractivity contribution in [3.05, 3.63) is 59.5 Å². The summed E-state index contributed by atoms with van der Waals surface area (Å²) in [5, 5.41) is 19.5. The van der Waals surface area contributed by atoms with E-state index >= 15 is 0 Å². The average Bonchev–Trinajstić information content (AvgIpc) is 3.14. The zero-order valence-corrected chi connectivity index (χ0v) is 14.7. The molecule has 9 heteroatoms. The quantitative estimate of drug-likeness (QED) is 0.585. The number of nitrogens with two attached hydrogens (primary N) is 1. The molecule has 0 aliphatic rings. The Balaban J connectivity index is 1.83. The van der Waals surface area contributed by atoms with Crippen LogP contribution in [0, 0.1) is 11.3 Å². The van der Waals surface area contributed by atoms with E-state index in [2.05, 4.69) is 31.8 Å². The Kier molecular flexibility index (Phi) is 5.28. The maximum absolute atomic E-state index is 11.7. The third kappa shape index (κ3) is 4.19. The van der Waals surface area contributed by atoms with Gasteiger partial charge >= 0.3 is 0 Å². The fraction of sp³-hybridized carbons (Fsp3) is 0.167. The highest BCUT2D eigenvalue weighted by Crippen LogP contribution is 2.18. The van der Waals surface area contributed by atoms with Crippen molar-refractivity contribution in [2.45, 2.75) is 20.0 Å². The minimum Gasteiger partial charge on any atom is -0.365 e. The van der Waals surface area contributed by atoms with Crippen LogP contribution in [-0.2, 0) is 13.1 Å². The highest BCUT2D eigenvalue weighted by molar-refractivity contribution is 5.97. The van der Waals surface area contributed by atoms with E-state index in [0.29, 0.717) is 18.1 Å². The van der Waals surface area contributed by atoms with Crippen molar-refractivity contribution in [3.63, 3.8) is 0 Å². The van der Waals surface area contributed by atoms with E-state index in [-0.39, 0.29) is 11.4 Å². The lowest BCUT2D eigenvalue weighted by molar-refractivity contribution is 0.100. The molecule has 0 atom stereocenters. The Bertz CT molecular complexity index is 1000. The molecule has 1 amide bonds. The van der Waals surface area contributed by atoms with Gasteiger partial charge in [0.25, 0.3) is 5.91 Å². The van der Waals surface area contributed by atoms with Gasteiger partial charge in [0.15, 0.2) is 0 Å². The van der Waals surface area contributed by atoms with Gasteiger partial charge in [0.1, 0.15) is 5.82 Å². The standard InChI is InChI=1S/C18H18N8O/c1-2-26-11-14(9-23-26)24-18-22-10-15(16(20)27)17(25-18)21-8-13-6-4-3-5-12(13)7-19/h3-6,9-11H,2,8H2,1H3,(H2,20,27)(H2,21,22,24,25). The third-order valence-electron chi connectivity index (χ3n) is 3.85. The van der Waals surface area contributed by atoms with Crippen LogP contribution in [0.3, 0.4) is 0 Å². The molecule has 3 aromatic rings. The summed E-state index contributed by atoms with van der Waals surface area (Å²) >= 11 is 0. The summed E-state index contributed by atoms with van der Waals surface area (Å²) in [6.45, 7) is 3.04. The summed E-state index contributed by atoms with van der Waals surface area (Å²) in [6, 6.07) is 9.32. The monoisotopic (exact) mass is 362 g/mol. The number of carbonyl (C=O) groups excluding carboxylic acids is 1. The molecule has 0 aliphatic carbocycles. The van der Waals surface area contributed by atoms with Gasteiger partial charge in [-0.15, -0.1) is 0 Å². The number of nitriles is 1. The number of nitrogens with zero attached hydrogens (tertiary/aromatic N) is 5. The van der Waals surface area contributed by atoms with E-state index in [0.717, 1.165) is 17.8 Å². The molecule has 0 bridgehead atoms. The summed E-state index contributed by atoms with van der Waals surface area (Å²) in [5.41, 5.74) is 7.64. The van der Waals surface area contributed by atoms with E-state index in [1.165, 1.54) is 6.20 Å². The maximum Gasteiger partial charge on any atom is 0.254 e. The Hall–Kier alpha value is -3.93. The lowest BCUT2D eigenvalue weighted by Gasteiger charge is -2.11. The number of amides is 1. The number of aryl methyl sites for hydroxylation is 1. The van der Waals surface area contributed by atoms with Gasteiger partial charge in [-0.05, 0) is 18.6 Å². The van der Waals surface area contributed by atoms with Crippen molar-refractivity contribution in [2.75, 3.05) is 10.6 Å². The number of hydrogen-bond acceptors (Lipinski definition) is 7. The molecule has 0 saturated heterocycles. The SMILES string of the molecule is CCn1cc(Nc2ncc(C(N)=O)c(NCc3ccccc3C#N)n2)cn1. The molecule has 136 valence electrons. The Labute approximate surface area is 155 Å². The second kappa shape index (κ2) is 7.97. The first-order chi connectivity index (χ1) is 13.1. The van der Waals surface area contributed by atoms with Gasteiger partial charge in [-0.3, -0.25) is 9.48 Å². The minimum atomic E-state index is -0.642. The molecule has 0 fully saturated rings. The number of nitrogens with one attached hydrogen (secondary N) is 2. The first kappa shape index (κ1) is 17.9. The van der Waals surface area contributed by atoms with Crippen molar-refractivity contribution in [3.8, 4) is 6.07 Å². The molecular formula is C18H18N8O. The lowest BCUT2D eigenvalue weighted by Crippen LogP contribution is -2.17. The summed E-state index contributed by atoms with van der Waals surface area (Å²) in [6.07, 6.45) is 4.84. The van der Waals surface area contributed by atoms with Crippen LogP contribution in [0.15, 0.2) is 42.9 Å². The minimum absolute atomic E-state index is 0.166.